The van der Waals surface area contributed by atoms with E-state index in [9.17, 15) is 4.79 Å². The van der Waals surface area contributed by atoms with Gasteiger partial charge in [0.05, 0.1) is 5.56 Å². The average Bonchev–Trinajstić information content (AvgIpc) is 2.94. The zero-order chi connectivity index (χ0) is 15.5. The molecule has 1 amide bonds. The zero-order valence-electron chi connectivity index (χ0n) is 11.4. The van der Waals surface area contributed by atoms with E-state index in [0.29, 0.717) is 16.0 Å². The number of hydrogen-bond donors (Lipinski definition) is 2. The number of H-pyrrole nitrogens is 1. The Labute approximate surface area is 140 Å². The number of nitrogens with one attached hydrogen (secondary N) is 2. The minimum absolute atomic E-state index is 0.165. The maximum atomic E-state index is 12.3. The molecule has 2 aromatic carbocycles. The third kappa shape index (κ3) is 3.03. The van der Waals surface area contributed by atoms with Gasteiger partial charge < -0.3 is 10.3 Å². The van der Waals surface area contributed by atoms with Gasteiger partial charge in [-0.1, -0.05) is 18.2 Å². The summed E-state index contributed by atoms with van der Waals surface area (Å²) in [6.07, 6.45) is 3.62. The first-order valence-corrected chi connectivity index (χ1v) is 7.77. The number of aromatic nitrogens is 2. The number of carbonyl (C=O) groups excluding carboxylic acids is 1. The highest BCUT2D eigenvalue weighted by atomic mass is 79.9. The molecule has 0 spiro atoms. The van der Waals surface area contributed by atoms with Gasteiger partial charge in [0, 0.05) is 28.2 Å². The molecule has 22 heavy (non-hydrogen) atoms. The van der Waals surface area contributed by atoms with Crippen LogP contribution in [0, 0.1) is 4.77 Å². The normalized spacial score (nSPS) is 10.4. The predicted octanol–water partition coefficient (Wildman–Crippen LogP) is 4.55. The number of halogens is 1. The Balaban J connectivity index is 1.88. The van der Waals surface area contributed by atoms with Crippen molar-refractivity contribution in [3.8, 4) is 5.69 Å². The van der Waals surface area contributed by atoms with Crippen molar-refractivity contribution in [1.82, 2.24) is 9.55 Å². The molecule has 0 aliphatic carbocycles. The summed E-state index contributed by atoms with van der Waals surface area (Å²) in [7, 11) is 0. The number of hydrogen-bond acceptors (Lipinski definition) is 2. The third-order valence-corrected chi connectivity index (χ3v) is 4.16. The molecule has 0 aliphatic heterocycles. The molecule has 3 aromatic rings. The van der Waals surface area contributed by atoms with E-state index in [1.54, 1.807) is 12.3 Å². The van der Waals surface area contributed by atoms with Crippen LogP contribution in [0.25, 0.3) is 5.69 Å². The number of imidazole rings is 1. The first-order valence-electron chi connectivity index (χ1n) is 6.57. The quantitative estimate of drug-likeness (QED) is 0.661. The zero-order valence-corrected chi connectivity index (χ0v) is 13.8. The summed E-state index contributed by atoms with van der Waals surface area (Å²) < 4.78 is 3.20. The van der Waals surface area contributed by atoms with Crippen LogP contribution in [-0.2, 0) is 0 Å². The van der Waals surface area contributed by atoms with Gasteiger partial charge in [-0.05, 0) is 58.5 Å². The van der Waals surface area contributed by atoms with E-state index in [-0.39, 0.29) is 5.91 Å². The fourth-order valence-corrected chi connectivity index (χ4v) is 2.80. The monoisotopic (exact) mass is 373 g/mol. The lowest BCUT2D eigenvalue weighted by Crippen LogP contribution is -2.12. The molecule has 1 aromatic heterocycles. The second-order valence-corrected chi connectivity index (χ2v) is 5.86. The maximum Gasteiger partial charge on any atom is 0.256 e. The summed E-state index contributed by atoms with van der Waals surface area (Å²) >= 11 is 8.59. The van der Waals surface area contributed by atoms with Crippen molar-refractivity contribution in [3.05, 3.63) is 75.7 Å². The lowest BCUT2D eigenvalue weighted by molar-refractivity contribution is 0.102. The Hall–Kier alpha value is -2.18. The van der Waals surface area contributed by atoms with Gasteiger partial charge in [0.1, 0.15) is 0 Å². The SMILES string of the molecule is O=C(Nc1cccc(-n2cc[nH]c2=S)c1)c1ccccc1Br. The molecule has 0 bridgehead atoms. The summed E-state index contributed by atoms with van der Waals surface area (Å²) in [4.78, 5) is 15.3. The maximum absolute atomic E-state index is 12.3. The largest absolute Gasteiger partial charge is 0.337 e. The van der Waals surface area contributed by atoms with Gasteiger partial charge in [-0.2, -0.15) is 0 Å². The fourth-order valence-electron chi connectivity index (χ4n) is 2.10. The number of nitrogens with zero attached hydrogens (tertiary/aromatic N) is 1. The van der Waals surface area contributed by atoms with Crippen LogP contribution in [0.4, 0.5) is 5.69 Å². The van der Waals surface area contributed by atoms with E-state index in [1.165, 1.54) is 0 Å². The molecular formula is C16H12BrN3OS. The number of rotatable bonds is 3. The Morgan fingerprint density at radius 1 is 1.18 bits per heavy atom. The van der Waals surface area contributed by atoms with E-state index in [1.807, 2.05) is 53.2 Å². The highest BCUT2D eigenvalue weighted by Gasteiger charge is 2.09. The van der Waals surface area contributed by atoms with Crippen molar-refractivity contribution in [2.24, 2.45) is 0 Å². The van der Waals surface area contributed by atoms with Crippen molar-refractivity contribution in [2.75, 3.05) is 5.32 Å². The van der Waals surface area contributed by atoms with Crippen molar-refractivity contribution >= 4 is 39.7 Å². The summed E-state index contributed by atoms with van der Waals surface area (Å²) in [5, 5.41) is 2.89. The number of carbonyl (C=O) groups is 1. The van der Waals surface area contributed by atoms with E-state index >= 15 is 0 Å². The molecule has 6 heteroatoms. The van der Waals surface area contributed by atoms with Crippen LogP contribution in [0.2, 0.25) is 0 Å². The minimum Gasteiger partial charge on any atom is -0.337 e. The Morgan fingerprint density at radius 3 is 2.73 bits per heavy atom. The van der Waals surface area contributed by atoms with E-state index in [2.05, 4.69) is 26.2 Å². The molecule has 4 nitrogen and oxygen atoms in total. The standard InChI is InChI=1S/C16H12BrN3OS/c17-14-7-2-1-6-13(14)15(21)19-11-4-3-5-12(10-11)20-9-8-18-16(20)22/h1-10H,(H,18,22)(H,19,21). The number of benzene rings is 2. The Morgan fingerprint density at radius 2 is 2.00 bits per heavy atom. The average molecular weight is 374 g/mol. The summed E-state index contributed by atoms with van der Waals surface area (Å²) in [6.45, 7) is 0. The number of amides is 1. The third-order valence-electron chi connectivity index (χ3n) is 3.15. The van der Waals surface area contributed by atoms with Gasteiger partial charge in [0.25, 0.3) is 5.91 Å². The van der Waals surface area contributed by atoms with E-state index in [0.717, 1.165) is 10.2 Å². The molecule has 0 saturated heterocycles. The van der Waals surface area contributed by atoms with Crippen LogP contribution < -0.4 is 5.32 Å². The van der Waals surface area contributed by atoms with E-state index < -0.39 is 0 Å². The predicted molar refractivity (Wildman–Crippen MR) is 93.0 cm³/mol. The highest BCUT2D eigenvalue weighted by molar-refractivity contribution is 9.10. The molecule has 0 radical (unpaired) electrons. The van der Waals surface area contributed by atoms with Crippen LogP contribution in [0.3, 0.4) is 0 Å². The summed E-state index contributed by atoms with van der Waals surface area (Å²) in [5.41, 5.74) is 2.18. The van der Waals surface area contributed by atoms with Crippen molar-refractivity contribution < 1.29 is 4.79 Å². The van der Waals surface area contributed by atoms with Gasteiger partial charge in [0.2, 0.25) is 0 Å². The Kier molecular flexibility index (Phi) is 4.22. The van der Waals surface area contributed by atoms with Crippen molar-refractivity contribution in [3.63, 3.8) is 0 Å². The molecule has 0 aliphatic rings. The smallest absolute Gasteiger partial charge is 0.256 e. The van der Waals surface area contributed by atoms with Crippen molar-refractivity contribution in [2.45, 2.75) is 0 Å². The molecule has 2 N–H and O–H groups in total. The second-order valence-electron chi connectivity index (χ2n) is 4.62. The molecule has 0 fully saturated rings. The minimum atomic E-state index is -0.165. The van der Waals surface area contributed by atoms with Gasteiger partial charge in [0.15, 0.2) is 4.77 Å². The second kappa shape index (κ2) is 6.29. The fraction of sp³-hybridized carbons (Fsp3) is 0. The van der Waals surface area contributed by atoms with Gasteiger partial charge in [-0.15, -0.1) is 0 Å². The van der Waals surface area contributed by atoms with Crippen LogP contribution in [0.15, 0.2) is 65.4 Å². The number of aromatic amines is 1. The van der Waals surface area contributed by atoms with Crippen LogP contribution >= 0.6 is 28.1 Å². The molecular weight excluding hydrogens is 362 g/mol. The first kappa shape index (κ1) is 14.7. The molecule has 0 atom stereocenters. The molecule has 3 rings (SSSR count). The molecule has 0 unspecified atom stereocenters. The lowest BCUT2D eigenvalue weighted by atomic mass is 10.2. The van der Waals surface area contributed by atoms with Gasteiger partial charge >= 0.3 is 0 Å². The summed E-state index contributed by atoms with van der Waals surface area (Å²) in [6, 6.07) is 14.8. The van der Waals surface area contributed by atoms with Crippen LogP contribution in [0.5, 0.6) is 0 Å². The number of anilines is 1. The topological polar surface area (TPSA) is 49.8 Å². The Bertz CT molecular complexity index is 885. The molecule has 0 saturated carbocycles. The molecule has 110 valence electrons. The van der Waals surface area contributed by atoms with Crippen LogP contribution in [-0.4, -0.2) is 15.5 Å². The van der Waals surface area contributed by atoms with Crippen molar-refractivity contribution in [1.29, 1.82) is 0 Å². The highest BCUT2D eigenvalue weighted by Crippen LogP contribution is 2.19. The van der Waals surface area contributed by atoms with Gasteiger partial charge in [-0.3, -0.25) is 9.36 Å². The van der Waals surface area contributed by atoms with Crippen LogP contribution in [0.1, 0.15) is 10.4 Å². The van der Waals surface area contributed by atoms with E-state index in [4.69, 9.17) is 12.2 Å². The lowest BCUT2D eigenvalue weighted by Gasteiger charge is -2.09. The summed E-state index contributed by atoms with van der Waals surface area (Å²) in [5.74, 6) is -0.165. The van der Waals surface area contributed by atoms with Gasteiger partial charge in [-0.25, -0.2) is 0 Å². The molecule has 1 heterocycles. The first-order chi connectivity index (χ1) is 10.6.